The summed E-state index contributed by atoms with van der Waals surface area (Å²) >= 11 is 0. The highest BCUT2D eigenvalue weighted by Crippen LogP contribution is 2.19. The van der Waals surface area contributed by atoms with Crippen LogP contribution in [0.1, 0.15) is 36.4 Å². The molecule has 1 amide bonds. The maximum atomic E-state index is 13.3. The van der Waals surface area contributed by atoms with Crippen molar-refractivity contribution < 1.29 is 18.0 Å². The van der Waals surface area contributed by atoms with Gasteiger partial charge in [-0.3, -0.25) is 4.79 Å². The van der Waals surface area contributed by atoms with Crippen LogP contribution < -0.4 is 5.32 Å². The minimum Gasteiger partial charge on any atom is -0.421 e. The van der Waals surface area contributed by atoms with Gasteiger partial charge in [0.2, 0.25) is 17.7 Å². The molecule has 27 heavy (non-hydrogen) atoms. The van der Waals surface area contributed by atoms with Gasteiger partial charge >= 0.3 is 0 Å². The summed E-state index contributed by atoms with van der Waals surface area (Å²) in [4.78, 5) is 12.1. The fraction of sp³-hybridized carbons (Fsp3) is 0.250. The van der Waals surface area contributed by atoms with Gasteiger partial charge in [-0.1, -0.05) is 23.8 Å². The number of nitrogens with zero attached hydrogens (tertiary/aromatic N) is 2. The summed E-state index contributed by atoms with van der Waals surface area (Å²) in [6.07, 6.45) is 0.429. The number of aromatic nitrogens is 2. The molecule has 140 valence electrons. The highest BCUT2D eigenvalue weighted by molar-refractivity contribution is 5.76. The van der Waals surface area contributed by atoms with Crippen LogP contribution >= 0.6 is 0 Å². The molecule has 3 aromatic rings. The van der Waals surface area contributed by atoms with E-state index in [0.717, 1.165) is 23.3 Å². The molecular formula is C20H19F2N3O2. The highest BCUT2D eigenvalue weighted by Gasteiger charge is 2.14. The van der Waals surface area contributed by atoms with Crippen LogP contribution in [0.15, 0.2) is 46.9 Å². The van der Waals surface area contributed by atoms with Crippen molar-refractivity contribution in [3.63, 3.8) is 0 Å². The SMILES string of the molecule is Cc1ccc(-c2nnc(CCC(=O)N[C@@H](C)c3ccc(F)c(F)c3)o2)cc1. The van der Waals surface area contributed by atoms with Crippen molar-refractivity contribution in [2.75, 3.05) is 0 Å². The van der Waals surface area contributed by atoms with Gasteiger partial charge < -0.3 is 9.73 Å². The van der Waals surface area contributed by atoms with Gasteiger partial charge in [0, 0.05) is 18.4 Å². The Hall–Kier alpha value is -3.09. The number of hydrogen-bond acceptors (Lipinski definition) is 4. The summed E-state index contributed by atoms with van der Waals surface area (Å²) < 4.78 is 31.9. The first-order chi connectivity index (χ1) is 12.9. The van der Waals surface area contributed by atoms with Crippen molar-refractivity contribution in [1.82, 2.24) is 15.5 Å². The molecule has 1 heterocycles. The lowest BCUT2D eigenvalue weighted by Crippen LogP contribution is -2.27. The van der Waals surface area contributed by atoms with Crippen molar-refractivity contribution in [2.45, 2.75) is 32.7 Å². The minimum absolute atomic E-state index is 0.142. The van der Waals surface area contributed by atoms with Crippen LogP contribution in [0.2, 0.25) is 0 Å². The fourth-order valence-electron chi connectivity index (χ4n) is 2.57. The van der Waals surface area contributed by atoms with E-state index < -0.39 is 17.7 Å². The van der Waals surface area contributed by atoms with Crippen molar-refractivity contribution in [3.8, 4) is 11.5 Å². The van der Waals surface area contributed by atoms with Gasteiger partial charge in [0.25, 0.3) is 0 Å². The average molecular weight is 371 g/mol. The van der Waals surface area contributed by atoms with Gasteiger partial charge in [-0.05, 0) is 43.7 Å². The summed E-state index contributed by atoms with van der Waals surface area (Å²) in [6.45, 7) is 3.69. The zero-order valence-corrected chi connectivity index (χ0v) is 15.0. The Labute approximate surface area is 155 Å². The van der Waals surface area contributed by atoms with E-state index in [-0.39, 0.29) is 18.7 Å². The van der Waals surface area contributed by atoms with Crippen LogP contribution in [-0.2, 0) is 11.2 Å². The second kappa shape index (κ2) is 8.07. The third-order valence-corrected chi connectivity index (χ3v) is 4.15. The predicted molar refractivity (Wildman–Crippen MR) is 95.7 cm³/mol. The van der Waals surface area contributed by atoms with E-state index in [9.17, 15) is 13.6 Å². The van der Waals surface area contributed by atoms with E-state index >= 15 is 0 Å². The summed E-state index contributed by atoms with van der Waals surface area (Å²) in [5.41, 5.74) is 2.43. The maximum Gasteiger partial charge on any atom is 0.247 e. The molecule has 0 saturated carbocycles. The maximum absolute atomic E-state index is 13.3. The zero-order valence-electron chi connectivity index (χ0n) is 15.0. The van der Waals surface area contributed by atoms with Crippen LogP contribution in [-0.4, -0.2) is 16.1 Å². The molecule has 0 bridgehead atoms. The molecule has 0 radical (unpaired) electrons. The highest BCUT2D eigenvalue weighted by atomic mass is 19.2. The lowest BCUT2D eigenvalue weighted by Gasteiger charge is -2.14. The van der Waals surface area contributed by atoms with Gasteiger partial charge in [0.15, 0.2) is 11.6 Å². The smallest absolute Gasteiger partial charge is 0.247 e. The largest absolute Gasteiger partial charge is 0.421 e. The molecule has 1 N–H and O–H groups in total. The van der Waals surface area contributed by atoms with Crippen LogP contribution in [0.4, 0.5) is 8.78 Å². The number of hydrogen-bond donors (Lipinski definition) is 1. The molecule has 0 aliphatic heterocycles. The Kier molecular flexibility index (Phi) is 5.59. The quantitative estimate of drug-likeness (QED) is 0.707. The van der Waals surface area contributed by atoms with Crippen LogP contribution in [0.5, 0.6) is 0 Å². The molecule has 3 rings (SSSR count). The van der Waals surface area contributed by atoms with Gasteiger partial charge in [-0.25, -0.2) is 8.78 Å². The first-order valence-electron chi connectivity index (χ1n) is 8.56. The molecule has 0 fully saturated rings. The zero-order chi connectivity index (χ0) is 19.4. The molecule has 0 spiro atoms. The van der Waals surface area contributed by atoms with Gasteiger partial charge in [-0.15, -0.1) is 10.2 Å². The topological polar surface area (TPSA) is 68.0 Å². The van der Waals surface area contributed by atoms with Crippen LogP contribution in [0.25, 0.3) is 11.5 Å². The summed E-state index contributed by atoms with van der Waals surface area (Å²) in [6, 6.07) is 10.8. The lowest BCUT2D eigenvalue weighted by molar-refractivity contribution is -0.121. The number of rotatable bonds is 6. The van der Waals surface area contributed by atoms with E-state index in [1.807, 2.05) is 31.2 Å². The normalized spacial score (nSPS) is 12.0. The molecule has 7 heteroatoms. The molecule has 1 atom stereocenters. The van der Waals surface area contributed by atoms with E-state index in [0.29, 0.717) is 17.3 Å². The van der Waals surface area contributed by atoms with E-state index in [4.69, 9.17) is 4.42 Å². The van der Waals surface area contributed by atoms with Crippen molar-refractivity contribution >= 4 is 5.91 Å². The number of amides is 1. The summed E-state index contributed by atoms with van der Waals surface area (Å²) in [7, 11) is 0. The minimum atomic E-state index is -0.942. The Morgan fingerprint density at radius 2 is 1.85 bits per heavy atom. The molecule has 1 aromatic heterocycles. The van der Waals surface area contributed by atoms with E-state index in [1.165, 1.54) is 6.07 Å². The Balaban J connectivity index is 1.54. The molecule has 0 saturated heterocycles. The second-order valence-electron chi connectivity index (χ2n) is 6.33. The number of benzene rings is 2. The number of carbonyl (C=O) groups is 1. The van der Waals surface area contributed by atoms with E-state index in [2.05, 4.69) is 15.5 Å². The lowest BCUT2D eigenvalue weighted by atomic mass is 10.1. The molecule has 5 nitrogen and oxygen atoms in total. The molecule has 0 unspecified atom stereocenters. The first kappa shape index (κ1) is 18.7. The van der Waals surface area contributed by atoms with Crippen LogP contribution in [0, 0.1) is 18.6 Å². The summed E-state index contributed by atoms with van der Waals surface area (Å²) in [5.74, 6) is -1.34. The summed E-state index contributed by atoms with van der Waals surface area (Å²) in [5, 5.41) is 10.7. The average Bonchev–Trinajstić information content (AvgIpc) is 3.12. The number of halogens is 2. The van der Waals surface area contributed by atoms with Gasteiger partial charge in [-0.2, -0.15) is 0 Å². The van der Waals surface area contributed by atoms with Gasteiger partial charge in [0.1, 0.15) is 0 Å². The van der Waals surface area contributed by atoms with Crippen LogP contribution in [0.3, 0.4) is 0 Å². The fourth-order valence-corrected chi connectivity index (χ4v) is 2.57. The molecule has 0 aliphatic rings. The third-order valence-electron chi connectivity index (χ3n) is 4.15. The van der Waals surface area contributed by atoms with Crippen molar-refractivity contribution in [2.24, 2.45) is 0 Å². The van der Waals surface area contributed by atoms with Crippen molar-refractivity contribution in [3.05, 3.63) is 71.1 Å². The molecular weight excluding hydrogens is 352 g/mol. The Morgan fingerprint density at radius 1 is 1.11 bits per heavy atom. The van der Waals surface area contributed by atoms with Crippen molar-refractivity contribution in [1.29, 1.82) is 0 Å². The standard InChI is InChI=1S/C20H19F2N3O2/c1-12-3-5-14(6-4-12)20-25-24-19(27-20)10-9-18(26)23-13(2)15-7-8-16(21)17(22)11-15/h3-8,11,13H,9-10H2,1-2H3,(H,23,26)/t13-/m0/s1. The number of carbonyl (C=O) groups excluding carboxylic acids is 1. The molecule has 0 aliphatic carbocycles. The van der Waals surface area contributed by atoms with Gasteiger partial charge in [0.05, 0.1) is 6.04 Å². The number of nitrogens with one attached hydrogen (secondary N) is 1. The Morgan fingerprint density at radius 3 is 2.56 bits per heavy atom. The predicted octanol–water partition coefficient (Wildman–Crippen LogP) is 4.13. The monoisotopic (exact) mass is 371 g/mol. The Bertz CT molecular complexity index is 939. The van der Waals surface area contributed by atoms with E-state index in [1.54, 1.807) is 6.92 Å². The number of aryl methyl sites for hydroxylation is 2. The third kappa shape index (κ3) is 4.75. The molecule has 2 aromatic carbocycles. The second-order valence-corrected chi connectivity index (χ2v) is 6.33. The first-order valence-corrected chi connectivity index (χ1v) is 8.56.